The molecule has 1 fully saturated rings. The number of sulfonamides is 2. The molecule has 0 atom stereocenters. The van der Waals surface area contributed by atoms with E-state index >= 15 is 0 Å². The number of hydrogen-bond donors (Lipinski definition) is 2. The van der Waals surface area contributed by atoms with E-state index in [1.807, 2.05) is 0 Å². The molecule has 0 amide bonds. The minimum atomic E-state index is -3.93. The number of rotatable bonds is 5. The van der Waals surface area contributed by atoms with Crippen LogP contribution in [0.4, 0.5) is 5.69 Å². The quantitative estimate of drug-likeness (QED) is 0.754. The number of aromatic amines is 1. The van der Waals surface area contributed by atoms with E-state index < -0.39 is 20.0 Å². The normalized spacial score (nSPS) is 16.4. The van der Waals surface area contributed by atoms with Crippen LogP contribution in [0.25, 0.3) is 0 Å². The maximum absolute atomic E-state index is 12.9. The van der Waals surface area contributed by atoms with Crippen LogP contribution in [-0.2, 0) is 20.0 Å². The van der Waals surface area contributed by atoms with Crippen molar-refractivity contribution >= 4 is 37.3 Å². The van der Waals surface area contributed by atoms with Crippen LogP contribution in [0, 0.1) is 13.8 Å². The van der Waals surface area contributed by atoms with Gasteiger partial charge in [0.05, 0.1) is 22.1 Å². The van der Waals surface area contributed by atoms with Crippen molar-refractivity contribution in [1.29, 1.82) is 0 Å². The number of nitrogens with one attached hydrogen (secondary N) is 2. The molecular formula is C16H21ClN4O4S2. The van der Waals surface area contributed by atoms with Crippen LogP contribution in [0.15, 0.2) is 28.0 Å². The lowest BCUT2D eigenvalue weighted by atomic mass is 10.2. The maximum Gasteiger partial charge on any atom is 0.265 e. The minimum Gasteiger partial charge on any atom is -0.281 e. The van der Waals surface area contributed by atoms with Crippen molar-refractivity contribution in [3.05, 3.63) is 34.6 Å². The fraction of sp³-hybridized carbons (Fsp3) is 0.438. The Morgan fingerprint density at radius 2 is 1.78 bits per heavy atom. The van der Waals surface area contributed by atoms with E-state index in [1.54, 1.807) is 13.8 Å². The highest BCUT2D eigenvalue weighted by Crippen LogP contribution is 2.30. The highest BCUT2D eigenvalue weighted by Gasteiger charge is 2.29. The third-order valence-electron chi connectivity index (χ3n) is 4.45. The van der Waals surface area contributed by atoms with E-state index in [0.717, 1.165) is 19.3 Å². The van der Waals surface area contributed by atoms with Crippen molar-refractivity contribution in [3.8, 4) is 0 Å². The fourth-order valence-corrected chi connectivity index (χ4v) is 6.59. The number of benzene rings is 1. The van der Waals surface area contributed by atoms with Crippen molar-refractivity contribution < 1.29 is 16.8 Å². The van der Waals surface area contributed by atoms with Gasteiger partial charge >= 0.3 is 0 Å². The first kappa shape index (κ1) is 20.1. The molecule has 148 valence electrons. The Morgan fingerprint density at radius 1 is 1.11 bits per heavy atom. The van der Waals surface area contributed by atoms with Crippen LogP contribution in [0.2, 0.25) is 5.02 Å². The molecule has 1 aromatic heterocycles. The molecule has 0 aliphatic carbocycles. The largest absolute Gasteiger partial charge is 0.281 e. The van der Waals surface area contributed by atoms with Gasteiger partial charge in [-0.3, -0.25) is 9.82 Å². The summed E-state index contributed by atoms with van der Waals surface area (Å²) in [7, 11) is -7.72. The summed E-state index contributed by atoms with van der Waals surface area (Å²) in [5, 5.41) is 6.57. The molecule has 2 N–H and O–H groups in total. The van der Waals surface area contributed by atoms with Crippen molar-refractivity contribution in [2.75, 3.05) is 17.8 Å². The first-order valence-electron chi connectivity index (χ1n) is 8.47. The zero-order valence-corrected chi connectivity index (χ0v) is 17.4. The predicted molar refractivity (Wildman–Crippen MR) is 103 cm³/mol. The van der Waals surface area contributed by atoms with Gasteiger partial charge in [-0.1, -0.05) is 18.0 Å². The molecule has 1 aliphatic rings. The van der Waals surface area contributed by atoms with Gasteiger partial charge in [0.1, 0.15) is 9.79 Å². The molecular weight excluding hydrogens is 412 g/mol. The summed E-state index contributed by atoms with van der Waals surface area (Å²) in [5.74, 6) is 0. The van der Waals surface area contributed by atoms with E-state index in [2.05, 4.69) is 14.9 Å². The zero-order chi connectivity index (χ0) is 19.8. The third kappa shape index (κ3) is 3.98. The van der Waals surface area contributed by atoms with Gasteiger partial charge in [0.25, 0.3) is 10.0 Å². The Labute approximate surface area is 164 Å². The highest BCUT2D eigenvalue weighted by molar-refractivity contribution is 7.92. The third-order valence-corrected chi connectivity index (χ3v) is 8.47. The lowest BCUT2D eigenvalue weighted by Gasteiger charge is -2.26. The number of nitrogens with zero attached hydrogens (tertiary/aromatic N) is 2. The van der Waals surface area contributed by atoms with Crippen LogP contribution in [0.5, 0.6) is 0 Å². The smallest absolute Gasteiger partial charge is 0.265 e. The molecule has 1 saturated heterocycles. The summed E-state index contributed by atoms with van der Waals surface area (Å²) in [6.07, 6.45) is 2.58. The average molecular weight is 433 g/mol. The summed E-state index contributed by atoms with van der Waals surface area (Å²) < 4.78 is 55.0. The topological polar surface area (TPSA) is 112 Å². The Morgan fingerprint density at radius 3 is 2.37 bits per heavy atom. The fourth-order valence-electron chi connectivity index (χ4n) is 3.15. The van der Waals surface area contributed by atoms with Gasteiger partial charge in [-0.2, -0.15) is 9.40 Å². The van der Waals surface area contributed by atoms with Gasteiger partial charge < -0.3 is 0 Å². The van der Waals surface area contributed by atoms with E-state index in [0.29, 0.717) is 24.5 Å². The monoisotopic (exact) mass is 432 g/mol. The van der Waals surface area contributed by atoms with E-state index in [9.17, 15) is 16.8 Å². The Kier molecular flexibility index (Phi) is 5.53. The minimum absolute atomic E-state index is 0.0397. The summed E-state index contributed by atoms with van der Waals surface area (Å²) in [4.78, 5) is -0.0650. The molecule has 0 unspecified atom stereocenters. The van der Waals surface area contributed by atoms with Gasteiger partial charge in [0.2, 0.25) is 10.0 Å². The summed E-state index contributed by atoms with van der Waals surface area (Å²) in [6.45, 7) is 4.04. The number of aromatic nitrogens is 2. The molecule has 0 radical (unpaired) electrons. The molecule has 27 heavy (non-hydrogen) atoms. The summed E-state index contributed by atoms with van der Waals surface area (Å²) >= 11 is 6.12. The maximum atomic E-state index is 12.9. The molecule has 2 aromatic rings. The van der Waals surface area contributed by atoms with Crippen LogP contribution in [0.1, 0.15) is 30.7 Å². The van der Waals surface area contributed by atoms with Crippen LogP contribution < -0.4 is 4.72 Å². The standard InChI is InChI=1S/C16H21ClN4O4S2/c1-11-16(12(2)19-18-11)26(22,23)20-13-6-7-14(17)15(10-13)27(24,25)21-8-4-3-5-9-21/h6-7,10,20H,3-5,8-9H2,1-2H3,(H,18,19). The average Bonchev–Trinajstić information content (AvgIpc) is 2.96. The van der Waals surface area contributed by atoms with Gasteiger partial charge in [-0.05, 0) is 44.9 Å². The highest BCUT2D eigenvalue weighted by atomic mass is 35.5. The van der Waals surface area contributed by atoms with Gasteiger partial charge in [-0.15, -0.1) is 0 Å². The van der Waals surface area contributed by atoms with Crippen LogP contribution in [-0.4, -0.2) is 44.4 Å². The second-order valence-corrected chi connectivity index (χ2v) is 10.4. The van der Waals surface area contributed by atoms with E-state index in [4.69, 9.17) is 11.6 Å². The van der Waals surface area contributed by atoms with E-state index in [1.165, 1.54) is 22.5 Å². The second kappa shape index (κ2) is 7.42. The number of anilines is 1. The SMILES string of the molecule is Cc1n[nH]c(C)c1S(=O)(=O)Nc1ccc(Cl)c(S(=O)(=O)N2CCCCC2)c1. The molecule has 11 heteroatoms. The number of H-pyrrole nitrogens is 1. The van der Waals surface area contributed by atoms with Gasteiger partial charge in [0.15, 0.2) is 0 Å². The van der Waals surface area contributed by atoms with Crippen molar-refractivity contribution in [2.24, 2.45) is 0 Å². The number of aryl methyl sites for hydroxylation is 2. The van der Waals surface area contributed by atoms with Crippen molar-refractivity contribution in [2.45, 2.75) is 42.9 Å². The summed E-state index contributed by atoms with van der Waals surface area (Å²) in [6, 6.07) is 4.07. The Hall–Kier alpha value is -1.62. The molecule has 1 aromatic carbocycles. The first-order chi connectivity index (χ1) is 12.6. The van der Waals surface area contributed by atoms with Crippen LogP contribution in [0.3, 0.4) is 0 Å². The Bertz CT molecular complexity index is 1040. The molecule has 0 saturated carbocycles. The second-order valence-electron chi connectivity index (χ2n) is 6.48. The first-order valence-corrected chi connectivity index (χ1v) is 11.8. The molecule has 1 aliphatic heterocycles. The predicted octanol–water partition coefficient (Wildman–Crippen LogP) is 2.66. The summed E-state index contributed by atoms with van der Waals surface area (Å²) in [5.41, 5.74) is 0.847. The lowest BCUT2D eigenvalue weighted by molar-refractivity contribution is 0.346. The van der Waals surface area contributed by atoms with Gasteiger partial charge in [0, 0.05) is 13.1 Å². The molecule has 0 bridgehead atoms. The Balaban J connectivity index is 1.96. The van der Waals surface area contributed by atoms with E-state index in [-0.39, 0.29) is 20.5 Å². The van der Waals surface area contributed by atoms with Crippen molar-refractivity contribution in [1.82, 2.24) is 14.5 Å². The lowest BCUT2D eigenvalue weighted by Crippen LogP contribution is -2.35. The molecule has 0 spiro atoms. The zero-order valence-electron chi connectivity index (χ0n) is 15.0. The number of hydrogen-bond acceptors (Lipinski definition) is 5. The molecule has 3 rings (SSSR count). The molecule has 8 nitrogen and oxygen atoms in total. The van der Waals surface area contributed by atoms with Gasteiger partial charge in [-0.25, -0.2) is 16.8 Å². The number of halogens is 1. The van der Waals surface area contributed by atoms with Crippen molar-refractivity contribution in [3.63, 3.8) is 0 Å². The van der Waals surface area contributed by atoms with Crippen LogP contribution >= 0.6 is 11.6 Å². The molecule has 2 heterocycles. The number of piperidine rings is 1.